The first-order chi connectivity index (χ1) is 13.6. The van der Waals surface area contributed by atoms with Gasteiger partial charge in [-0.1, -0.05) is 23.5 Å². The van der Waals surface area contributed by atoms with Crippen LogP contribution in [0.1, 0.15) is 36.1 Å². The van der Waals surface area contributed by atoms with Crippen molar-refractivity contribution in [1.29, 1.82) is 0 Å². The van der Waals surface area contributed by atoms with Gasteiger partial charge in [0.15, 0.2) is 5.75 Å². The zero-order valence-electron chi connectivity index (χ0n) is 17.1. The third kappa shape index (κ3) is 5.17. The number of carbonyl (C=O) groups excluding carboxylic acids is 2. The van der Waals surface area contributed by atoms with E-state index in [0.29, 0.717) is 47.7 Å². The van der Waals surface area contributed by atoms with Crippen LogP contribution in [0.5, 0.6) is 10.9 Å². The second-order valence-corrected chi connectivity index (χ2v) is 8.74. The van der Waals surface area contributed by atoms with Crippen LogP contribution in [-0.2, 0) is 4.74 Å². The van der Waals surface area contributed by atoms with E-state index in [1.165, 1.54) is 0 Å². The SMILES string of the molecule is Cc1nc(Oc2ccccc2N2CCN(C(=O)OC(C)(C)C)CC2)sc1C(N)=O. The van der Waals surface area contributed by atoms with E-state index in [1.807, 2.05) is 45.0 Å². The number of piperazine rings is 1. The minimum atomic E-state index is -0.513. The maximum absolute atomic E-state index is 12.3. The van der Waals surface area contributed by atoms with Gasteiger partial charge in [0, 0.05) is 26.2 Å². The largest absolute Gasteiger partial charge is 0.444 e. The Morgan fingerprint density at radius 2 is 1.79 bits per heavy atom. The van der Waals surface area contributed by atoms with Gasteiger partial charge in [0.2, 0.25) is 0 Å². The normalized spacial score (nSPS) is 14.6. The number of carbonyl (C=O) groups is 2. The van der Waals surface area contributed by atoms with Crippen molar-refractivity contribution in [3.05, 3.63) is 34.8 Å². The molecule has 1 aliphatic rings. The molecule has 0 radical (unpaired) electrons. The van der Waals surface area contributed by atoms with Crippen LogP contribution in [0.4, 0.5) is 10.5 Å². The van der Waals surface area contributed by atoms with Crippen LogP contribution in [0, 0.1) is 6.92 Å². The lowest BCUT2D eigenvalue weighted by Gasteiger charge is -2.37. The summed E-state index contributed by atoms with van der Waals surface area (Å²) in [5, 5.41) is 0.371. The average Bonchev–Trinajstić information content (AvgIpc) is 3.01. The zero-order chi connectivity index (χ0) is 21.2. The van der Waals surface area contributed by atoms with E-state index < -0.39 is 11.5 Å². The highest BCUT2D eigenvalue weighted by atomic mass is 32.1. The van der Waals surface area contributed by atoms with Crippen molar-refractivity contribution in [2.45, 2.75) is 33.3 Å². The number of aromatic nitrogens is 1. The minimum absolute atomic E-state index is 0.293. The molecular weight excluding hydrogens is 392 g/mol. The van der Waals surface area contributed by atoms with Gasteiger partial charge < -0.3 is 25.0 Å². The van der Waals surface area contributed by atoms with Crippen molar-refractivity contribution in [3.63, 3.8) is 0 Å². The molecule has 1 saturated heterocycles. The first-order valence-electron chi connectivity index (χ1n) is 9.41. The summed E-state index contributed by atoms with van der Waals surface area (Å²) in [7, 11) is 0. The molecule has 0 bridgehead atoms. The highest BCUT2D eigenvalue weighted by molar-refractivity contribution is 7.15. The lowest BCUT2D eigenvalue weighted by Crippen LogP contribution is -2.50. The Hall–Kier alpha value is -2.81. The molecule has 8 nitrogen and oxygen atoms in total. The number of hydrogen-bond donors (Lipinski definition) is 1. The number of aryl methyl sites for hydroxylation is 1. The van der Waals surface area contributed by atoms with E-state index >= 15 is 0 Å². The van der Waals surface area contributed by atoms with Crippen LogP contribution >= 0.6 is 11.3 Å². The van der Waals surface area contributed by atoms with Gasteiger partial charge in [-0.3, -0.25) is 4.79 Å². The van der Waals surface area contributed by atoms with Gasteiger partial charge in [-0.05, 0) is 39.8 Å². The summed E-state index contributed by atoms with van der Waals surface area (Å²) < 4.78 is 11.4. The number of primary amides is 1. The Morgan fingerprint density at radius 3 is 2.38 bits per heavy atom. The van der Waals surface area contributed by atoms with E-state index in [4.69, 9.17) is 15.2 Å². The fourth-order valence-electron chi connectivity index (χ4n) is 3.00. The first-order valence-corrected chi connectivity index (χ1v) is 10.2. The molecule has 0 aliphatic carbocycles. The first kappa shape index (κ1) is 20.9. The van der Waals surface area contributed by atoms with Crippen LogP contribution in [0.2, 0.25) is 0 Å². The Labute approximate surface area is 174 Å². The minimum Gasteiger partial charge on any atom is -0.444 e. The van der Waals surface area contributed by atoms with Gasteiger partial charge in [-0.15, -0.1) is 0 Å². The lowest BCUT2D eigenvalue weighted by atomic mass is 10.2. The van der Waals surface area contributed by atoms with Gasteiger partial charge in [-0.2, -0.15) is 0 Å². The molecule has 0 atom stereocenters. The summed E-state index contributed by atoms with van der Waals surface area (Å²) in [6.07, 6.45) is -0.293. The Bertz CT molecular complexity index is 898. The fraction of sp³-hybridized carbons (Fsp3) is 0.450. The molecule has 0 unspecified atom stereocenters. The number of anilines is 1. The highest BCUT2D eigenvalue weighted by Crippen LogP contribution is 2.35. The molecule has 9 heteroatoms. The molecule has 3 rings (SSSR count). The molecule has 0 saturated carbocycles. The van der Waals surface area contributed by atoms with Crippen molar-refractivity contribution in [1.82, 2.24) is 9.88 Å². The molecule has 2 amide bonds. The maximum atomic E-state index is 12.3. The summed E-state index contributed by atoms with van der Waals surface area (Å²) in [5.41, 5.74) is 6.32. The summed E-state index contributed by atoms with van der Waals surface area (Å²) in [6.45, 7) is 9.74. The standard InChI is InChI=1S/C20H26N4O4S/c1-13-16(17(21)25)29-18(22-13)27-15-8-6-5-7-14(15)23-9-11-24(12-10-23)19(26)28-20(2,3)4/h5-8H,9-12H2,1-4H3,(H2,21,25). The van der Waals surface area contributed by atoms with Gasteiger partial charge in [0.05, 0.1) is 11.4 Å². The maximum Gasteiger partial charge on any atom is 0.410 e. The van der Waals surface area contributed by atoms with Crippen LogP contribution < -0.4 is 15.4 Å². The van der Waals surface area contributed by atoms with Gasteiger partial charge in [0.1, 0.15) is 10.5 Å². The number of rotatable bonds is 4. The quantitative estimate of drug-likeness (QED) is 0.817. The molecule has 0 spiro atoms. The summed E-state index contributed by atoms with van der Waals surface area (Å²) in [6, 6.07) is 7.64. The van der Waals surface area contributed by atoms with E-state index in [9.17, 15) is 9.59 Å². The fourth-order valence-corrected chi connectivity index (χ4v) is 3.78. The van der Waals surface area contributed by atoms with Crippen LogP contribution in [0.3, 0.4) is 0 Å². The number of thiazole rings is 1. The molecule has 2 N–H and O–H groups in total. The van der Waals surface area contributed by atoms with Crippen molar-refractivity contribution in [3.8, 4) is 10.9 Å². The molecule has 2 aromatic rings. The zero-order valence-corrected chi connectivity index (χ0v) is 17.9. The molecule has 1 aromatic heterocycles. The molecule has 1 aromatic carbocycles. The molecule has 29 heavy (non-hydrogen) atoms. The number of nitrogens with two attached hydrogens (primary N) is 1. The number of ether oxygens (including phenoxy) is 2. The van der Waals surface area contributed by atoms with Crippen molar-refractivity contribution >= 4 is 29.0 Å². The predicted octanol–water partition coefficient (Wildman–Crippen LogP) is 3.40. The number of para-hydroxylation sites is 2. The number of amides is 2. The molecular formula is C20H26N4O4S. The summed E-state index contributed by atoms with van der Waals surface area (Å²) in [4.78, 5) is 32.3. The molecule has 2 heterocycles. The third-order valence-corrected chi connectivity index (χ3v) is 5.39. The smallest absolute Gasteiger partial charge is 0.410 e. The highest BCUT2D eigenvalue weighted by Gasteiger charge is 2.27. The van der Waals surface area contributed by atoms with E-state index in [-0.39, 0.29) is 6.09 Å². The monoisotopic (exact) mass is 418 g/mol. The van der Waals surface area contributed by atoms with Crippen LogP contribution in [0.25, 0.3) is 0 Å². The average molecular weight is 419 g/mol. The summed E-state index contributed by atoms with van der Waals surface area (Å²) >= 11 is 1.13. The van der Waals surface area contributed by atoms with Crippen molar-refractivity contribution < 1.29 is 19.1 Å². The lowest BCUT2D eigenvalue weighted by molar-refractivity contribution is 0.0240. The predicted molar refractivity (Wildman–Crippen MR) is 112 cm³/mol. The molecule has 1 aliphatic heterocycles. The summed E-state index contributed by atoms with van der Waals surface area (Å²) in [5.74, 6) is 0.129. The Kier molecular flexibility index (Phi) is 5.97. The molecule has 156 valence electrons. The number of benzene rings is 1. The Balaban J connectivity index is 1.69. The second kappa shape index (κ2) is 8.28. The Morgan fingerprint density at radius 1 is 1.14 bits per heavy atom. The third-order valence-electron chi connectivity index (χ3n) is 4.34. The van der Waals surface area contributed by atoms with E-state index in [0.717, 1.165) is 17.0 Å². The van der Waals surface area contributed by atoms with E-state index in [1.54, 1.807) is 11.8 Å². The topological polar surface area (TPSA) is 98.0 Å². The van der Waals surface area contributed by atoms with Gasteiger partial charge >= 0.3 is 6.09 Å². The van der Waals surface area contributed by atoms with E-state index in [2.05, 4.69) is 9.88 Å². The second-order valence-electron chi connectivity index (χ2n) is 7.78. The van der Waals surface area contributed by atoms with Crippen molar-refractivity contribution in [2.24, 2.45) is 5.73 Å². The molecule has 1 fully saturated rings. The van der Waals surface area contributed by atoms with Gasteiger partial charge in [-0.25, -0.2) is 9.78 Å². The van der Waals surface area contributed by atoms with Gasteiger partial charge in [0.25, 0.3) is 11.1 Å². The number of nitrogens with zero attached hydrogens (tertiary/aromatic N) is 3. The van der Waals surface area contributed by atoms with Crippen LogP contribution in [-0.4, -0.2) is 53.7 Å². The number of hydrogen-bond acceptors (Lipinski definition) is 7. The van der Waals surface area contributed by atoms with Crippen molar-refractivity contribution in [2.75, 3.05) is 31.1 Å². The van der Waals surface area contributed by atoms with Crippen LogP contribution in [0.15, 0.2) is 24.3 Å².